The number of carbonyl (C=O) groups excluding carboxylic acids is 1. The minimum absolute atomic E-state index is 0.123. The zero-order valence-electron chi connectivity index (χ0n) is 12.0. The summed E-state index contributed by atoms with van der Waals surface area (Å²) in [5.41, 5.74) is 0.751. The maximum absolute atomic E-state index is 11.1. The number of rotatable bonds is 3. The van der Waals surface area contributed by atoms with Crippen molar-refractivity contribution in [3.05, 3.63) is 0 Å². The third-order valence-corrected chi connectivity index (χ3v) is 4.45. The Morgan fingerprint density at radius 3 is 1.88 bits per heavy atom. The second kappa shape index (κ2) is 5.30. The summed E-state index contributed by atoms with van der Waals surface area (Å²) in [6, 6.07) is 0. The molecule has 0 unspecified atom stereocenters. The van der Waals surface area contributed by atoms with Gasteiger partial charge >= 0.3 is 0 Å². The van der Waals surface area contributed by atoms with Crippen LogP contribution in [-0.2, 0) is 4.79 Å². The Morgan fingerprint density at radius 2 is 1.53 bits per heavy atom. The smallest absolute Gasteiger partial charge is 0.224 e. The molecule has 1 aliphatic carbocycles. The second-order valence-electron chi connectivity index (χ2n) is 7.58. The van der Waals surface area contributed by atoms with Gasteiger partial charge in [0.1, 0.15) is 0 Å². The zero-order chi connectivity index (χ0) is 13.3. The number of hydrogen-bond acceptors (Lipinski definition) is 1. The van der Waals surface area contributed by atoms with E-state index in [4.69, 9.17) is 11.6 Å². The quantitative estimate of drug-likeness (QED) is 0.650. The van der Waals surface area contributed by atoms with Crippen molar-refractivity contribution >= 4 is 16.8 Å². The highest BCUT2D eigenvalue weighted by Crippen LogP contribution is 2.46. The number of carbonyl (C=O) groups is 1. The molecule has 1 rings (SSSR count). The molecule has 1 fully saturated rings. The lowest BCUT2D eigenvalue weighted by Gasteiger charge is -2.42. The summed E-state index contributed by atoms with van der Waals surface area (Å²) in [5, 5.41) is -0.128. The molecular weight excluding hydrogens is 232 g/mol. The van der Waals surface area contributed by atoms with Gasteiger partial charge < -0.3 is 0 Å². The normalized spacial score (nSPS) is 26.9. The van der Waals surface area contributed by atoms with Gasteiger partial charge in [-0.2, -0.15) is 0 Å². The van der Waals surface area contributed by atoms with Crippen molar-refractivity contribution in [2.75, 3.05) is 0 Å². The van der Waals surface area contributed by atoms with Crippen molar-refractivity contribution in [2.45, 2.75) is 66.7 Å². The van der Waals surface area contributed by atoms with Crippen LogP contribution in [0, 0.1) is 22.7 Å². The molecule has 0 amide bonds. The number of halogens is 1. The third kappa shape index (κ3) is 4.62. The van der Waals surface area contributed by atoms with Gasteiger partial charge in [0, 0.05) is 5.92 Å². The Kier molecular flexibility index (Phi) is 4.68. The van der Waals surface area contributed by atoms with Gasteiger partial charge in [0.2, 0.25) is 5.24 Å². The van der Waals surface area contributed by atoms with Gasteiger partial charge in [0.25, 0.3) is 0 Å². The Hall–Kier alpha value is -0.0400. The molecule has 0 heterocycles. The van der Waals surface area contributed by atoms with Crippen molar-refractivity contribution in [1.29, 1.82) is 0 Å². The van der Waals surface area contributed by atoms with E-state index in [1.807, 2.05) is 0 Å². The summed E-state index contributed by atoms with van der Waals surface area (Å²) in [4.78, 5) is 11.1. The van der Waals surface area contributed by atoms with E-state index in [9.17, 15) is 4.79 Å². The van der Waals surface area contributed by atoms with Gasteiger partial charge in [-0.25, -0.2) is 0 Å². The van der Waals surface area contributed by atoms with Crippen molar-refractivity contribution in [3.63, 3.8) is 0 Å². The van der Waals surface area contributed by atoms with Crippen molar-refractivity contribution < 1.29 is 4.79 Å². The maximum Gasteiger partial charge on any atom is 0.224 e. The predicted molar refractivity (Wildman–Crippen MR) is 74.2 cm³/mol. The first kappa shape index (κ1) is 15.0. The van der Waals surface area contributed by atoms with E-state index in [1.165, 1.54) is 6.42 Å². The summed E-state index contributed by atoms with van der Waals surface area (Å²) in [6.45, 7) is 11.7. The highest BCUT2D eigenvalue weighted by molar-refractivity contribution is 6.63. The highest BCUT2D eigenvalue weighted by atomic mass is 35.5. The lowest BCUT2D eigenvalue weighted by Crippen LogP contribution is -2.33. The molecule has 0 spiro atoms. The van der Waals surface area contributed by atoms with E-state index >= 15 is 0 Å². The van der Waals surface area contributed by atoms with Gasteiger partial charge in [-0.1, -0.05) is 34.6 Å². The van der Waals surface area contributed by atoms with Crippen LogP contribution in [0.1, 0.15) is 66.7 Å². The van der Waals surface area contributed by atoms with Gasteiger partial charge in [-0.15, -0.1) is 0 Å². The summed E-state index contributed by atoms with van der Waals surface area (Å²) < 4.78 is 0. The van der Waals surface area contributed by atoms with E-state index in [2.05, 4.69) is 34.6 Å². The lowest BCUT2D eigenvalue weighted by molar-refractivity contribution is -0.116. The summed E-state index contributed by atoms with van der Waals surface area (Å²) in [7, 11) is 0. The molecular formula is C15H27ClO. The van der Waals surface area contributed by atoms with E-state index in [-0.39, 0.29) is 11.2 Å². The molecule has 0 radical (unpaired) electrons. The first-order valence-electron chi connectivity index (χ1n) is 6.81. The standard InChI is InChI=1S/C15H27ClO/c1-14(2,3)10-15(4,5)12-8-6-11(7-9-12)13(16)17/h11-12H,6-10H2,1-5H3/t11-,12-. The molecule has 0 aromatic heterocycles. The molecule has 0 atom stereocenters. The Bertz CT molecular complexity index is 267. The average molecular weight is 259 g/mol. The van der Waals surface area contributed by atoms with Crippen molar-refractivity contribution in [1.82, 2.24) is 0 Å². The SMILES string of the molecule is CC(C)(C)CC(C)(C)[C@H]1CC[C@H](C(=O)Cl)CC1. The molecule has 0 aliphatic heterocycles. The molecule has 1 saturated carbocycles. The molecule has 100 valence electrons. The molecule has 1 nitrogen and oxygen atoms in total. The molecule has 0 saturated heterocycles. The van der Waals surface area contributed by atoms with Crippen LogP contribution in [0.4, 0.5) is 0 Å². The van der Waals surface area contributed by atoms with Crippen LogP contribution in [0.3, 0.4) is 0 Å². The van der Waals surface area contributed by atoms with Crippen LogP contribution in [0.2, 0.25) is 0 Å². The van der Waals surface area contributed by atoms with Crippen molar-refractivity contribution in [3.8, 4) is 0 Å². The van der Waals surface area contributed by atoms with E-state index in [0.29, 0.717) is 10.8 Å². The van der Waals surface area contributed by atoms with E-state index in [1.54, 1.807) is 0 Å². The maximum atomic E-state index is 11.1. The summed E-state index contributed by atoms with van der Waals surface area (Å²) in [5.74, 6) is 0.868. The first-order chi connectivity index (χ1) is 7.62. The lowest BCUT2D eigenvalue weighted by atomic mass is 9.63. The minimum atomic E-state index is -0.128. The largest absolute Gasteiger partial charge is 0.281 e. The fraction of sp³-hybridized carbons (Fsp3) is 0.933. The minimum Gasteiger partial charge on any atom is -0.281 e. The topological polar surface area (TPSA) is 17.1 Å². The third-order valence-electron chi connectivity index (χ3n) is 4.14. The highest BCUT2D eigenvalue weighted by Gasteiger charge is 2.36. The first-order valence-corrected chi connectivity index (χ1v) is 7.19. The van der Waals surface area contributed by atoms with Crippen LogP contribution in [0.5, 0.6) is 0 Å². The molecule has 0 aromatic carbocycles. The van der Waals surface area contributed by atoms with Crippen LogP contribution < -0.4 is 0 Å². The molecule has 1 aliphatic rings. The molecule has 2 heteroatoms. The predicted octanol–water partition coefficient (Wildman–Crippen LogP) is 5.02. The molecule has 17 heavy (non-hydrogen) atoms. The molecule has 0 bridgehead atoms. The Balaban J connectivity index is 2.55. The van der Waals surface area contributed by atoms with E-state index in [0.717, 1.165) is 31.6 Å². The van der Waals surface area contributed by atoms with E-state index < -0.39 is 0 Å². The monoisotopic (exact) mass is 258 g/mol. The molecule has 0 N–H and O–H groups in total. The van der Waals surface area contributed by atoms with Gasteiger partial charge in [-0.05, 0) is 60.5 Å². The molecule has 0 aromatic rings. The fourth-order valence-corrected chi connectivity index (χ4v) is 3.83. The Labute approximate surface area is 111 Å². The number of hydrogen-bond donors (Lipinski definition) is 0. The van der Waals surface area contributed by atoms with Gasteiger partial charge in [0.05, 0.1) is 0 Å². The second-order valence-corrected chi connectivity index (χ2v) is 7.95. The van der Waals surface area contributed by atoms with Crippen LogP contribution in [-0.4, -0.2) is 5.24 Å². The Morgan fingerprint density at radius 1 is 1.06 bits per heavy atom. The van der Waals surface area contributed by atoms with Gasteiger partial charge in [0.15, 0.2) is 0 Å². The zero-order valence-corrected chi connectivity index (χ0v) is 12.7. The fourth-order valence-electron chi connectivity index (χ4n) is 3.61. The van der Waals surface area contributed by atoms with Gasteiger partial charge in [-0.3, -0.25) is 4.79 Å². The van der Waals surface area contributed by atoms with Crippen LogP contribution in [0.25, 0.3) is 0 Å². The van der Waals surface area contributed by atoms with Crippen LogP contribution in [0.15, 0.2) is 0 Å². The summed E-state index contributed by atoms with van der Waals surface area (Å²) >= 11 is 5.59. The van der Waals surface area contributed by atoms with Crippen LogP contribution >= 0.6 is 11.6 Å². The van der Waals surface area contributed by atoms with Crippen molar-refractivity contribution in [2.24, 2.45) is 22.7 Å². The summed E-state index contributed by atoms with van der Waals surface area (Å²) in [6.07, 6.45) is 5.53. The average Bonchev–Trinajstić information content (AvgIpc) is 2.14.